The summed E-state index contributed by atoms with van der Waals surface area (Å²) in [4.78, 5) is 0. The van der Waals surface area contributed by atoms with Crippen LogP contribution >= 0.6 is 0 Å². The van der Waals surface area contributed by atoms with Crippen molar-refractivity contribution in [2.75, 3.05) is 0 Å². The van der Waals surface area contributed by atoms with E-state index in [1.807, 2.05) is 0 Å². The standard InChI is InChI=1S/C29H56/c1-4-7-9-11-13-14-15-16-17-18-19-20-21-22-24-26-28-29(6-3)27-25-23-12-10-8-5-2/h2,29H,4,6-28H2,1,3H3. The highest BCUT2D eigenvalue weighted by Crippen LogP contribution is 2.21. The van der Waals surface area contributed by atoms with Crippen LogP contribution in [0, 0.1) is 18.3 Å². The van der Waals surface area contributed by atoms with Gasteiger partial charge in [-0.2, -0.15) is 0 Å². The van der Waals surface area contributed by atoms with Crippen LogP contribution in [0.2, 0.25) is 0 Å². The van der Waals surface area contributed by atoms with Crippen LogP contribution in [0.1, 0.15) is 168 Å². The van der Waals surface area contributed by atoms with Crippen molar-refractivity contribution in [1.82, 2.24) is 0 Å². The van der Waals surface area contributed by atoms with Crippen LogP contribution in [-0.4, -0.2) is 0 Å². The summed E-state index contributed by atoms with van der Waals surface area (Å²) in [6, 6.07) is 0. The monoisotopic (exact) mass is 404 g/mol. The number of hydrogen-bond donors (Lipinski definition) is 0. The van der Waals surface area contributed by atoms with E-state index in [0.29, 0.717) is 0 Å². The fourth-order valence-corrected chi connectivity index (χ4v) is 4.55. The van der Waals surface area contributed by atoms with E-state index in [9.17, 15) is 0 Å². The van der Waals surface area contributed by atoms with Gasteiger partial charge in [0.15, 0.2) is 0 Å². The largest absolute Gasteiger partial charge is 0.120 e. The van der Waals surface area contributed by atoms with Crippen molar-refractivity contribution in [2.24, 2.45) is 5.92 Å². The first kappa shape index (κ1) is 28.6. The maximum Gasteiger partial charge on any atom is 0.00860 e. The lowest BCUT2D eigenvalue weighted by Crippen LogP contribution is -1.99. The molecule has 0 saturated heterocycles. The first-order valence-corrected chi connectivity index (χ1v) is 13.8. The van der Waals surface area contributed by atoms with E-state index in [2.05, 4.69) is 19.8 Å². The van der Waals surface area contributed by atoms with Gasteiger partial charge < -0.3 is 0 Å². The van der Waals surface area contributed by atoms with E-state index >= 15 is 0 Å². The topological polar surface area (TPSA) is 0 Å². The molecule has 0 aliphatic rings. The molecule has 0 nitrogen and oxygen atoms in total. The second-order valence-corrected chi connectivity index (χ2v) is 9.52. The molecule has 0 aliphatic carbocycles. The third kappa shape index (κ3) is 23.7. The van der Waals surface area contributed by atoms with Gasteiger partial charge in [0.2, 0.25) is 0 Å². The zero-order valence-electron chi connectivity index (χ0n) is 20.6. The molecule has 1 unspecified atom stereocenters. The molecule has 0 heterocycles. The lowest BCUT2D eigenvalue weighted by molar-refractivity contribution is 0.393. The number of rotatable bonds is 24. The molecule has 0 aromatic rings. The highest BCUT2D eigenvalue weighted by molar-refractivity contribution is 4.82. The lowest BCUT2D eigenvalue weighted by Gasteiger charge is -2.14. The average molecular weight is 405 g/mol. The Morgan fingerprint density at radius 2 is 0.828 bits per heavy atom. The molecule has 0 saturated carbocycles. The predicted molar refractivity (Wildman–Crippen MR) is 134 cm³/mol. The van der Waals surface area contributed by atoms with E-state index in [1.54, 1.807) is 0 Å². The SMILES string of the molecule is C#CCCCCCCC(CC)CCCCCCCCCCCCCCCCCC. The van der Waals surface area contributed by atoms with Crippen LogP contribution in [0.15, 0.2) is 0 Å². The minimum absolute atomic E-state index is 0.969. The molecule has 0 rings (SSSR count). The minimum Gasteiger partial charge on any atom is -0.120 e. The molecule has 1 atom stereocenters. The Morgan fingerprint density at radius 3 is 1.17 bits per heavy atom. The van der Waals surface area contributed by atoms with E-state index < -0.39 is 0 Å². The van der Waals surface area contributed by atoms with Gasteiger partial charge in [0.1, 0.15) is 0 Å². The Bertz CT molecular complexity index is 323. The van der Waals surface area contributed by atoms with Crippen LogP contribution in [-0.2, 0) is 0 Å². The summed E-state index contributed by atoms with van der Waals surface area (Å²) < 4.78 is 0. The van der Waals surface area contributed by atoms with Gasteiger partial charge in [-0.05, 0) is 12.3 Å². The number of unbranched alkanes of at least 4 members (excludes halogenated alkanes) is 19. The van der Waals surface area contributed by atoms with Crippen molar-refractivity contribution in [3.8, 4) is 12.3 Å². The van der Waals surface area contributed by atoms with E-state index in [4.69, 9.17) is 6.42 Å². The molecule has 0 bridgehead atoms. The van der Waals surface area contributed by atoms with Crippen LogP contribution < -0.4 is 0 Å². The van der Waals surface area contributed by atoms with Crippen LogP contribution in [0.3, 0.4) is 0 Å². The van der Waals surface area contributed by atoms with E-state index in [0.717, 1.165) is 12.3 Å². The zero-order chi connectivity index (χ0) is 21.3. The summed E-state index contributed by atoms with van der Waals surface area (Å²) in [5, 5.41) is 0. The van der Waals surface area contributed by atoms with Crippen LogP contribution in [0.25, 0.3) is 0 Å². The molecule has 0 amide bonds. The van der Waals surface area contributed by atoms with Gasteiger partial charge in [-0.25, -0.2) is 0 Å². The fourth-order valence-electron chi connectivity index (χ4n) is 4.55. The van der Waals surface area contributed by atoms with Crippen molar-refractivity contribution in [3.05, 3.63) is 0 Å². The van der Waals surface area contributed by atoms with Crippen LogP contribution in [0.4, 0.5) is 0 Å². The van der Waals surface area contributed by atoms with Gasteiger partial charge in [-0.1, -0.05) is 155 Å². The minimum atomic E-state index is 0.969. The summed E-state index contributed by atoms with van der Waals surface area (Å²) in [5.41, 5.74) is 0. The first-order valence-electron chi connectivity index (χ1n) is 13.8. The van der Waals surface area contributed by atoms with Crippen LogP contribution in [0.5, 0.6) is 0 Å². The van der Waals surface area contributed by atoms with Gasteiger partial charge in [-0.15, -0.1) is 12.3 Å². The Labute approximate surface area is 186 Å². The average Bonchev–Trinajstić information content (AvgIpc) is 2.74. The maximum atomic E-state index is 5.31. The summed E-state index contributed by atoms with van der Waals surface area (Å²) in [6.45, 7) is 4.69. The summed E-state index contributed by atoms with van der Waals surface area (Å²) >= 11 is 0. The normalized spacial score (nSPS) is 12.2. The Hall–Kier alpha value is -0.440. The quantitative estimate of drug-likeness (QED) is 0.111. The third-order valence-electron chi connectivity index (χ3n) is 6.73. The maximum absolute atomic E-state index is 5.31. The molecule has 0 heteroatoms. The van der Waals surface area contributed by atoms with E-state index in [-0.39, 0.29) is 0 Å². The third-order valence-corrected chi connectivity index (χ3v) is 6.73. The molecule has 172 valence electrons. The smallest absolute Gasteiger partial charge is 0.00860 e. The van der Waals surface area contributed by atoms with E-state index in [1.165, 1.54) is 148 Å². The summed E-state index contributed by atoms with van der Waals surface area (Å²) in [7, 11) is 0. The predicted octanol–water partition coefficient (Wildman–Crippen LogP) is 10.6. The van der Waals surface area contributed by atoms with Gasteiger partial charge in [-0.3, -0.25) is 0 Å². The Kier molecular flexibility index (Phi) is 25.2. The summed E-state index contributed by atoms with van der Waals surface area (Å²) in [6.07, 6.45) is 39.4. The molecule has 0 aromatic carbocycles. The lowest BCUT2D eigenvalue weighted by atomic mass is 9.92. The molecule has 0 N–H and O–H groups in total. The first-order chi connectivity index (χ1) is 14.3. The van der Waals surface area contributed by atoms with Crippen molar-refractivity contribution >= 4 is 0 Å². The van der Waals surface area contributed by atoms with Crippen molar-refractivity contribution in [3.63, 3.8) is 0 Å². The zero-order valence-corrected chi connectivity index (χ0v) is 20.6. The Morgan fingerprint density at radius 1 is 0.483 bits per heavy atom. The fraction of sp³-hybridized carbons (Fsp3) is 0.931. The highest BCUT2D eigenvalue weighted by Gasteiger charge is 2.05. The molecular formula is C29H56. The van der Waals surface area contributed by atoms with Gasteiger partial charge in [0.05, 0.1) is 0 Å². The number of terminal acetylenes is 1. The van der Waals surface area contributed by atoms with Gasteiger partial charge in [0.25, 0.3) is 0 Å². The molecular weight excluding hydrogens is 348 g/mol. The van der Waals surface area contributed by atoms with Gasteiger partial charge in [0, 0.05) is 6.42 Å². The molecule has 0 aliphatic heterocycles. The summed E-state index contributed by atoms with van der Waals surface area (Å²) in [5.74, 6) is 3.73. The Balaban J connectivity index is 3.22. The number of hydrogen-bond acceptors (Lipinski definition) is 0. The molecule has 0 fully saturated rings. The van der Waals surface area contributed by atoms with Crippen molar-refractivity contribution < 1.29 is 0 Å². The second kappa shape index (κ2) is 25.6. The van der Waals surface area contributed by atoms with Crippen molar-refractivity contribution in [2.45, 2.75) is 168 Å². The second-order valence-electron chi connectivity index (χ2n) is 9.52. The van der Waals surface area contributed by atoms with Crippen molar-refractivity contribution in [1.29, 1.82) is 0 Å². The molecule has 0 radical (unpaired) electrons. The van der Waals surface area contributed by atoms with Gasteiger partial charge >= 0.3 is 0 Å². The molecule has 0 spiro atoms. The highest BCUT2D eigenvalue weighted by atomic mass is 14.1. The molecule has 0 aromatic heterocycles. The molecule has 29 heavy (non-hydrogen) atoms.